The lowest BCUT2D eigenvalue weighted by Gasteiger charge is -2.44. The Hall–Kier alpha value is -3.44. The molecule has 0 radical (unpaired) electrons. The molecule has 1 aliphatic heterocycles. The minimum Gasteiger partial charge on any atom is -0.382 e. The Morgan fingerprint density at radius 3 is 2.60 bits per heavy atom. The highest BCUT2D eigenvalue weighted by atomic mass is 19.4. The van der Waals surface area contributed by atoms with Crippen molar-refractivity contribution in [3.05, 3.63) is 77.2 Å². The van der Waals surface area contributed by atoms with Crippen LogP contribution in [0.25, 0.3) is 5.70 Å². The van der Waals surface area contributed by atoms with E-state index in [0.29, 0.717) is 11.3 Å². The number of allylic oxidation sites excluding steroid dienone is 3. The molecule has 2 heterocycles. The topological polar surface area (TPSA) is 75.3 Å². The van der Waals surface area contributed by atoms with Gasteiger partial charge in [-0.15, -0.1) is 11.3 Å². The normalized spacial score (nSPS) is 26.6. The zero-order chi connectivity index (χ0) is 32.3. The fraction of sp³-hybridized carbons (Fsp3) is 0.559. The summed E-state index contributed by atoms with van der Waals surface area (Å²) in [7, 11) is 3.59. The van der Waals surface area contributed by atoms with Crippen LogP contribution in [-0.2, 0) is 31.1 Å². The number of alkyl halides is 3. The van der Waals surface area contributed by atoms with Crippen LogP contribution in [0.4, 0.5) is 13.2 Å². The predicted molar refractivity (Wildman–Crippen MR) is 164 cm³/mol. The molecule has 0 saturated heterocycles. The Balaban J connectivity index is 1.46. The Kier molecular flexibility index (Phi) is 8.22. The molecule has 8 nitrogen and oxygen atoms in total. The molecule has 6 rings (SSSR count). The monoisotopic (exact) mass is 625 g/mol. The van der Waals surface area contributed by atoms with Gasteiger partial charge in [-0.1, -0.05) is 13.0 Å². The van der Waals surface area contributed by atoms with Crippen LogP contribution in [-0.4, -0.2) is 45.3 Å². The van der Waals surface area contributed by atoms with Gasteiger partial charge in [-0.05, 0) is 86.3 Å². The van der Waals surface area contributed by atoms with E-state index in [0.717, 1.165) is 43.5 Å². The van der Waals surface area contributed by atoms with Crippen molar-refractivity contribution in [1.29, 1.82) is 0 Å². The van der Waals surface area contributed by atoms with Crippen LogP contribution in [0.1, 0.15) is 79.9 Å². The first-order chi connectivity index (χ1) is 21.3. The third-order valence-corrected chi connectivity index (χ3v) is 10.4. The molecule has 1 aromatic carbocycles. The number of aryl methyl sites for hydroxylation is 1. The van der Waals surface area contributed by atoms with Crippen LogP contribution in [0.3, 0.4) is 0 Å². The maximum atomic E-state index is 14.6. The number of rotatable bonds is 10. The molecule has 3 atom stereocenters. The lowest BCUT2D eigenvalue weighted by Crippen LogP contribution is -2.51. The van der Waals surface area contributed by atoms with Gasteiger partial charge in [0, 0.05) is 48.3 Å². The molecule has 1 aromatic heterocycles. The summed E-state index contributed by atoms with van der Waals surface area (Å²) in [6.07, 6.45) is 7.59. The Bertz CT molecular complexity index is 1550. The molecule has 2 saturated carbocycles. The molecule has 3 aliphatic carbocycles. The molecule has 1 amide bonds. The predicted octanol–water partition coefficient (Wildman–Crippen LogP) is 5.32. The Labute approximate surface area is 263 Å². The third kappa shape index (κ3) is 5.85. The van der Waals surface area contributed by atoms with Gasteiger partial charge in [0.2, 0.25) is 6.33 Å². The molecule has 2 unspecified atom stereocenters. The molecule has 2 N–H and O–H groups in total. The van der Waals surface area contributed by atoms with E-state index < -0.39 is 17.6 Å². The molecule has 11 heteroatoms. The summed E-state index contributed by atoms with van der Waals surface area (Å²) in [4.78, 5) is 15.8. The van der Waals surface area contributed by atoms with Gasteiger partial charge in [0.05, 0.1) is 31.0 Å². The highest BCUT2D eigenvalue weighted by molar-refractivity contribution is 6.01. The molecular weight excluding hydrogens is 581 g/mol. The average molecular weight is 626 g/mol. The molecule has 0 spiro atoms. The number of aromatic nitrogens is 3. The Morgan fingerprint density at radius 1 is 1.29 bits per heavy atom. The summed E-state index contributed by atoms with van der Waals surface area (Å²) in [5.41, 5.74) is 2.06. The summed E-state index contributed by atoms with van der Waals surface area (Å²) in [6.45, 7) is 10.3. The molecule has 2 aromatic rings. The van der Waals surface area contributed by atoms with E-state index in [-0.39, 0.29) is 59.7 Å². The fourth-order valence-corrected chi connectivity index (χ4v) is 7.37. The van der Waals surface area contributed by atoms with Gasteiger partial charge >= 0.3 is 6.18 Å². The number of halogens is 3. The molecule has 242 valence electrons. The standard InChI is InChI=1S/C34H44F3N6O2/c1-7-20(2)40-28-15-29(31(43-19-41(5)18-39-43)30(21(28)3)23-13-24(14-23)45-6)42-17-26-25(32(42)44)11-22(12-27(26)34(35,36)37)16-38-33(4)9-8-10-33/h7,11-12,15,18-21,23-24,30,38,40H,1,8-10,13-14,16-17H2,2-6H3/q+1/t20-,21?,23-,24+,30?/m1/s1. The van der Waals surface area contributed by atoms with Crippen LogP contribution >= 0.6 is 0 Å². The number of amides is 1. The molecular formula is C34H44F3N6O2+. The van der Waals surface area contributed by atoms with E-state index in [4.69, 9.17) is 4.74 Å². The van der Waals surface area contributed by atoms with E-state index in [1.54, 1.807) is 24.2 Å². The number of ether oxygens (including phenoxy) is 1. The van der Waals surface area contributed by atoms with Gasteiger partial charge in [-0.3, -0.25) is 4.79 Å². The number of methoxy groups -OCH3 is 1. The molecule has 2 fully saturated rings. The SMILES string of the molecule is C=C[C@@H](C)NC1=CC(N2Cc3c(cc(CNC4(C)CCC4)cc3C(F)(F)F)C2=O)=C([n+]2cn(C)cn2)C([C@H]2C[C@@H](OC)C2)C1C. The lowest BCUT2D eigenvalue weighted by molar-refractivity contribution is -0.650. The van der Waals surface area contributed by atoms with Crippen LogP contribution < -0.4 is 15.3 Å². The minimum absolute atomic E-state index is 0.0182. The quantitative estimate of drug-likeness (QED) is 0.276. The second kappa shape index (κ2) is 11.7. The zero-order valence-corrected chi connectivity index (χ0v) is 26.7. The van der Waals surface area contributed by atoms with Crippen molar-refractivity contribution in [3.63, 3.8) is 0 Å². The van der Waals surface area contributed by atoms with Crippen molar-refractivity contribution in [3.8, 4) is 0 Å². The summed E-state index contributed by atoms with van der Waals surface area (Å²) >= 11 is 0. The Morgan fingerprint density at radius 2 is 2.02 bits per heavy atom. The van der Waals surface area contributed by atoms with E-state index in [9.17, 15) is 18.0 Å². The highest BCUT2D eigenvalue weighted by Crippen LogP contribution is 2.49. The first-order valence-corrected chi connectivity index (χ1v) is 15.9. The summed E-state index contributed by atoms with van der Waals surface area (Å²) in [5.74, 6) is -0.220. The van der Waals surface area contributed by atoms with Crippen molar-refractivity contribution in [2.75, 3.05) is 7.11 Å². The van der Waals surface area contributed by atoms with E-state index >= 15 is 0 Å². The van der Waals surface area contributed by atoms with Gasteiger partial charge in [0.25, 0.3) is 12.2 Å². The lowest BCUT2D eigenvalue weighted by atomic mass is 9.65. The van der Waals surface area contributed by atoms with Crippen molar-refractivity contribution in [1.82, 2.24) is 25.2 Å². The van der Waals surface area contributed by atoms with Gasteiger partial charge in [0.15, 0.2) is 5.70 Å². The van der Waals surface area contributed by atoms with Crippen molar-refractivity contribution in [2.45, 2.75) is 89.8 Å². The number of carbonyl (C=O) groups excluding carboxylic acids is 1. The van der Waals surface area contributed by atoms with Gasteiger partial charge < -0.3 is 20.3 Å². The smallest absolute Gasteiger partial charge is 0.382 e. The number of hydrogen-bond acceptors (Lipinski definition) is 5. The van der Waals surface area contributed by atoms with Crippen LogP contribution in [0.15, 0.2) is 54.9 Å². The summed E-state index contributed by atoms with van der Waals surface area (Å²) in [6, 6.07) is 2.82. The highest BCUT2D eigenvalue weighted by Gasteiger charge is 2.49. The van der Waals surface area contributed by atoms with Gasteiger partial charge in [-0.25, -0.2) is 4.57 Å². The number of carbonyl (C=O) groups is 1. The van der Waals surface area contributed by atoms with E-state index in [2.05, 4.69) is 36.2 Å². The largest absolute Gasteiger partial charge is 0.416 e. The zero-order valence-electron chi connectivity index (χ0n) is 26.7. The van der Waals surface area contributed by atoms with Crippen LogP contribution in [0.5, 0.6) is 0 Å². The van der Waals surface area contributed by atoms with Crippen LogP contribution in [0, 0.1) is 17.8 Å². The number of benzene rings is 1. The van der Waals surface area contributed by atoms with E-state index in [1.807, 2.05) is 37.0 Å². The number of nitrogens with one attached hydrogen (secondary N) is 2. The molecule has 45 heavy (non-hydrogen) atoms. The average Bonchev–Trinajstić information content (AvgIpc) is 3.53. The first kappa shape index (κ1) is 31.5. The summed E-state index contributed by atoms with van der Waals surface area (Å²) < 4.78 is 53.0. The maximum Gasteiger partial charge on any atom is 0.416 e. The fourth-order valence-electron chi connectivity index (χ4n) is 7.37. The van der Waals surface area contributed by atoms with Crippen molar-refractivity contribution < 1.29 is 27.4 Å². The summed E-state index contributed by atoms with van der Waals surface area (Å²) in [5, 5.41) is 11.6. The van der Waals surface area contributed by atoms with Gasteiger partial charge in [0.1, 0.15) is 0 Å². The number of hydrogen-bond donors (Lipinski definition) is 2. The third-order valence-electron chi connectivity index (χ3n) is 10.4. The molecule has 0 bridgehead atoms. The van der Waals surface area contributed by atoms with Gasteiger partial charge in [-0.2, -0.15) is 13.2 Å². The van der Waals surface area contributed by atoms with Crippen LogP contribution in [0.2, 0.25) is 0 Å². The number of nitrogens with zero attached hydrogens (tertiary/aromatic N) is 4. The van der Waals surface area contributed by atoms with Crippen molar-refractivity contribution >= 4 is 11.6 Å². The first-order valence-electron chi connectivity index (χ1n) is 15.9. The molecule has 4 aliphatic rings. The second-order valence-electron chi connectivity index (χ2n) is 13.6. The number of fused-ring (bicyclic) bond motifs is 1. The second-order valence-corrected chi connectivity index (χ2v) is 13.6. The van der Waals surface area contributed by atoms with Crippen molar-refractivity contribution in [2.24, 2.45) is 24.8 Å². The van der Waals surface area contributed by atoms with E-state index in [1.165, 1.54) is 11.0 Å². The maximum absolute atomic E-state index is 14.6. The minimum atomic E-state index is -4.60.